The van der Waals surface area contributed by atoms with Crippen molar-refractivity contribution in [2.75, 3.05) is 6.54 Å². The molecule has 8 heteroatoms. The van der Waals surface area contributed by atoms with Crippen molar-refractivity contribution >= 4 is 5.91 Å². The molecule has 1 aliphatic rings. The molecule has 1 aromatic heterocycles. The lowest BCUT2D eigenvalue weighted by Crippen LogP contribution is -2.33. The summed E-state index contributed by atoms with van der Waals surface area (Å²) < 4.78 is 27.9. The third kappa shape index (κ3) is 4.01. The van der Waals surface area contributed by atoms with Crippen LogP contribution in [-0.2, 0) is 18.3 Å². The topological polar surface area (TPSA) is 80.0 Å². The Kier molecular flexibility index (Phi) is 5.08. The van der Waals surface area contributed by atoms with Gasteiger partial charge in [0.1, 0.15) is 12.2 Å². The maximum absolute atomic E-state index is 13.2. The predicted molar refractivity (Wildman–Crippen MR) is 85.5 cm³/mol. The Bertz CT molecular complexity index is 765. The molecule has 1 heterocycles. The summed E-state index contributed by atoms with van der Waals surface area (Å²) in [7, 11) is 1.86. The van der Waals surface area contributed by atoms with Crippen LogP contribution in [0.4, 0.5) is 8.78 Å². The highest BCUT2D eigenvalue weighted by atomic mass is 19.2. The normalized spacial score (nSPS) is 23.0. The quantitative estimate of drug-likeness (QED) is 0.852. The van der Waals surface area contributed by atoms with E-state index >= 15 is 0 Å². The molecule has 2 N–H and O–H groups in total. The maximum Gasteiger partial charge on any atom is 0.224 e. The summed E-state index contributed by atoms with van der Waals surface area (Å²) in [6, 6.07) is 3.40. The summed E-state index contributed by atoms with van der Waals surface area (Å²) in [6.45, 7) is 0.331. The van der Waals surface area contributed by atoms with Crippen molar-refractivity contribution in [2.45, 2.75) is 31.3 Å². The van der Waals surface area contributed by atoms with Crippen molar-refractivity contribution in [3.63, 3.8) is 0 Å². The van der Waals surface area contributed by atoms with E-state index in [0.717, 1.165) is 18.0 Å². The van der Waals surface area contributed by atoms with E-state index in [1.807, 2.05) is 11.6 Å². The minimum absolute atomic E-state index is 0.0350. The molecule has 0 saturated heterocycles. The first kappa shape index (κ1) is 17.5. The van der Waals surface area contributed by atoms with E-state index in [1.165, 1.54) is 6.07 Å². The zero-order valence-electron chi connectivity index (χ0n) is 13.8. The van der Waals surface area contributed by atoms with Crippen LogP contribution >= 0.6 is 0 Å². The van der Waals surface area contributed by atoms with Crippen LogP contribution in [-0.4, -0.2) is 38.4 Å². The lowest BCUT2D eigenvalue weighted by Gasteiger charge is -2.15. The van der Waals surface area contributed by atoms with E-state index in [2.05, 4.69) is 15.5 Å². The zero-order valence-corrected chi connectivity index (χ0v) is 13.8. The number of nitrogens with zero attached hydrogens (tertiary/aromatic N) is 3. The molecule has 1 aliphatic carbocycles. The van der Waals surface area contributed by atoms with Gasteiger partial charge in [-0.1, -0.05) is 6.07 Å². The molecule has 0 radical (unpaired) electrons. The first-order chi connectivity index (χ1) is 11.9. The summed E-state index contributed by atoms with van der Waals surface area (Å²) in [5.74, 6) is -1.34. The Morgan fingerprint density at radius 2 is 2.16 bits per heavy atom. The van der Waals surface area contributed by atoms with Crippen LogP contribution in [0.1, 0.15) is 30.1 Å². The molecule has 1 fully saturated rings. The van der Waals surface area contributed by atoms with Crippen molar-refractivity contribution in [1.82, 2.24) is 20.1 Å². The highest BCUT2D eigenvalue weighted by Gasteiger charge is 2.35. The number of nitrogens with one attached hydrogen (secondary N) is 1. The average molecular weight is 350 g/mol. The molecule has 3 atom stereocenters. The maximum atomic E-state index is 13.2. The monoisotopic (exact) mass is 350 g/mol. The highest BCUT2D eigenvalue weighted by molar-refractivity contribution is 5.78. The van der Waals surface area contributed by atoms with Gasteiger partial charge in [0.05, 0.1) is 12.5 Å². The molecule has 2 aromatic rings. The summed E-state index contributed by atoms with van der Waals surface area (Å²) in [5.41, 5.74) is 0.403. The number of aromatic nitrogens is 3. The molecule has 1 amide bonds. The van der Waals surface area contributed by atoms with E-state index in [4.69, 9.17) is 0 Å². The van der Waals surface area contributed by atoms with Crippen molar-refractivity contribution < 1.29 is 18.7 Å². The fraction of sp³-hybridized carbons (Fsp3) is 0.471. The molecule has 134 valence electrons. The molecule has 6 nitrogen and oxygen atoms in total. The van der Waals surface area contributed by atoms with Crippen LogP contribution in [0.2, 0.25) is 0 Å². The minimum Gasteiger partial charge on any atom is -0.393 e. The number of rotatable bonds is 5. The molecular weight excluding hydrogens is 330 g/mol. The van der Waals surface area contributed by atoms with Crippen LogP contribution in [0.15, 0.2) is 24.5 Å². The van der Waals surface area contributed by atoms with Gasteiger partial charge in [-0.2, -0.15) is 0 Å². The predicted octanol–water partition coefficient (Wildman–Crippen LogP) is 1.31. The number of aryl methyl sites for hydroxylation is 1. The van der Waals surface area contributed by atoms with Crippen molar-refractivity contribution in [3.8, 4) is 0 Å². The Hall–Kier alpha value is -2.35. The number of carbonyl (C=O) groups excluding carboxylic acids is 1. The number of aliphatic hydroxyl groups excluding tert-OH is 1. The number of hydrogen-bond donors (Lipinski definition) is 2. The van der Waals surface area contributed by atoms with Gasteiger partial charge in [0, 0.05) is 25.4 Å². The number of benzene rings is 1. The molecule has 1 saturated carbocycles. The molecule has 3 rings (SSSR count). The van der Waals surface area contributed by atoms with Gasteiger partial charge < -0.3 is 15.0 Å². The van der Waals surface area contributed by atoms with Gasteiger partial charge in [-0.25, -0.2) is 8.78 Å². The fourth-order valence-electron chi connectivity index (χ4n) is 3.34. The van der Waals surface area contributed by atoms with Crippen LogP contribution in [0.3, 0.4) is 0 Å². The van der Waals surface area contributed by atoms with Crippen LogP contribution in [0.5, 0.6) is 0 Å². The summed E-state index contributed by atoms with van der Waals surface area (Å²) in [4.78, 5) is 12.0. The number of amides is 1. The third-order valence-electron chi connectivity index (χ3n) is 4.68. The summed E-state index contributed by atoms with van der Waals surface area (Å²) in [5, 5.41) is 20.9. The molecule has 0 bridgehead atoms. The number of aliphatic hydroxyl groups is 1. The van der Waals surface area contributed by atoms with Crippen molar-refractivity contribution in [3.05, 3.63) is 47.5 Å². The zero-order chi connectivity index (χ0) is 18.0. The van der Waals surface area contributed by atoms with Gasteiger partial charge >= 0.3 is 0 Å². The second-order valence-electron chi connectivity index (χ2n) is 6.53. The summed E-state index contributed by atoms with van der Waals surface area (Å²) in [6.07, 6.45) is 2.35. The van der Waals surface area contributed by atoms with E-state index < -0.39 is 17.7 Å². The first-order valence-electron chi connectivity index (χ1n) is 8.16. The Morgan fingerprint density at radius 1 is 1.36 bits per heavy atom. The van der Waals surface area contributed by atoms with E-state index in [0.29, 0.717) is 24.9 Å². The second kappa shape index (κ2) is 7.26. The van der Waals surface area contributed by atoms with E-state index in [-0.39, 0.29) is 24.2 Å². The van der Waals surface area contributed by atoms with Gasteiger partial charge in [-0.05, 0) is 30.5 Å². The van der Waals surface area contributed by atoms with E-state index in [9.17, 15) is 18.7 Å². The molecular formula is C17H20F2N4O2. The highest BCUT2D eigenvalue weighted by Crippen LogP contribution is 2.37. The third-order valence-corrected chi connectivity index (χ3v) is 4.68. The average Bonchev–Trinajstić information content (AvgIpc) is 3.14. The van der Waals surface area contributed by atoms with Gasteiger partial charge in [-0.3, -0.25) is 4.79 Å². The van der Waals surface area contributed by atoms with Crippen LogP contribution in [0, 0.1) is 17.6 Å². The van der Waals surface area contributed by atoms with Gasteiger partial charge in [0.2, 0.25) is 5.91 Å². The largest absolute Gasteiger partial charge is 0.393 e. The SMILES string of the molecule is Cn1cnnc1[C@H]1C[C@H](CNC(=O)Cc2ccc(F)c(F)c2)[C@H](O)C1. The Morgan fingerprint density at radius 3 is 2.84 bits per heavy atom. The van der Waals surface area contributed by atoms with Gasteiger partial charge in [0.15, 0.2) is 11.6 Å². The molecule has 1 aromatic carbocycles. The fourth-order valence-corrected chi connectivity index (χ4v) is 3.34. The van der Waals surface area contributed by atoms with Crippen LogP contribution in [0.25, 0.3) is 0 Å². The Labute approximate surface area is 143 Å². The number of halogens is 2. The number of hydrogen-bond acceptors (Lipinski definition) is 4. The first-order valence-corrected chi connectivity index (χ1v) is 8.16. The minimum atomic E-state index is -0.969. The molecule has 0 unspecified atom stereocenters. The van der Waals surface area contributed by atoms with Crippen molar-refractivity contribution in [2.24, 2.45) is 13.0 Å². The lowest BCUT2D eigenvalue weighted by atomic mass is 10.0. The van der Waals surface area contributed by atoms with Gasteiger partial charge in [0.25, 0.3) is 0 Å². The standard InChI is InChI=1S/C17H20F2N4O2/c1-23-9-21-22-17(23)11-6-12(15(24)7-11)8-20-16(25)5-10-2-3-13(18)14(19)4-10/h2-4,9,11-12,15,24H,5-8H2,1H3,(H,20,25)/t11-,12+,15+/m0/s1. The summed E-state index contributed by atoms with van der Waals surface area (Å²) >= 11 is 0. The van der Waals surface area contributed by atoms with Gasteiger partial charge in [-0.15, -0.1) is 10.2 Å². The van der Waals surface area contributed by atoms with Crippen LogP contribution < -0.4 is 5.32 Å². The smallest absolute Gasteiger partial charge is 0.224 e. The molecule has 0 aliphatic heterocycles. The van der Waals surface area contributed by atoms with Crippen molar-refractivity contribution in [1.29, 1.82) is 0 Å². The molecule has 25 heavy (non-hydrogen) atoms. The number of carbonyl (C=O) groups is 1. The van der Waals surface area contributed by atoms with E-state index in [1.54, 1.807) is 6.33 Å². The second-order valence-corrected chi connectivity index (χ2v) is 6.53. The lowest BCUT2D eigenvalue weighted by molar-refractivity contribution is -0.120. The molecule has 0 spiro atoms. The Balaban J connectivity index is 1.52.